The van der Waals surface area contributed by atoms with Crippen molar-refractivity contribution in [3.8, 4) is 11.3 Å². The van der Waals surface area contributed by atoms with Gasteiger partial charge in [0.1, 0.15) is 11.4 Å². The Bertz CT molecular complexity index is 1140. The van der Waals surface area contributed by atoms with E-state index in [-0.39, 0.29) is 23.8 Å². The second-order valence-corrected chi connectivity index (χ2v) is 5.87. The molecular weight excluding hydrogens is 333 g/mol. The van der Waals surface area contributed by atoms with Gasteiger partial charge in [-0.15, -0.1) is 5.10 Å². The number of nitrogens with zero attached hydrogens (tertiary/aromatic N) is 2. The second kappa shape index (κ2) is 6.15. The first kappa shape index (κ1) is 16.1. The summed E-state index contributed by atoms with van der Waals surface area (Å²) in [6.07, 6.45) is 0. The van der Waals surface area contributed by atoms with Crippen molar-refractivity contribution in [1.29, 1.82) is 0 Å². The van der Waals surface area contributed by atoms with Crippen LogP contribution in [-0.2, 0) is 4.74 Å². The Morgan fingerprint density at radius 3 is 2.69 bits per heavy atom. The number of fused-ring (bicyclic) bond motifs is 3. The molecule has 0 amide bonds. The van der Waals surface area contributed by atoms with Gasteiger partial charge in [0.05, 0.1) is 17.8 Å². The molecule has 0 saturated carbocycles. The maximum atomic E-state index is 13.8. The predicted octanol–water partition coefficient (Wildman–Crippen LogP) is 4.05. The van der Waals surface area contributed by atoms with Gasteiger partial charge >= 0.3 is 5.97 Å². The quantitative estimate of drug-likeness (QED) is 0.567. The van der Waals surface area contributed by atoms with Crippen molar-refractivity contribution in [2.24, 2.45) is 0 Å². The fraction of sp³-hybridized carbons (Fsp3) is 0.100. The lowest BCUT2D eigenvalue weighted by Crippen LogP contribution is -2.07. The molecule has 0 fully saturated rings. The number of nitrogens with two attached hydrogens (primary N) is 1. The number of hydrogen-bond donors (Lipinski definition) is 1. The minimum atomic E-state index is -0.546. The summed E-state index contributed by atoms with van der Waals surface area (Å²) >= 11 is 0. The van der Waals surface area contributed by atoms with E-state index < -0.39 is 5.97 Å². The van der Waals surface area contributed by atoms with Gasteiger partial charge in [0.25, 0.3) is 0 Å². The van der Waals surface area contributed by atoms with E-state index in [2.05, 4.69) is 5.10 Å². The number of hydrogen-bond acceptors (Lipinski definition) is 4. The third-order valence-electron chi connectivity index (χ3n) is 4.25. The van der Waals surface area contributed by atoms with Crippen LogP contribution in [0.5, 0.6) is 0 Å². The normalized spacial score (nSPS) is 11.2. The SMILES string of the molecule is CCOC(=O)c1c(N)nn2c(-c3ccccc3)cc3cc(F)ccc3c12. The smallest absolute Gasteiger partial charge is 0.344 e. The van der Waals surface area contributed by atoms with Gasteiger partial charge in [-0.05, 0) is 36.6 Å². The first-order valence-corrected chi connectivity index (χ1v) is 8.23. The van der Waals surface area contributed by atoms with Crippen LogP contribution in [0, 0.1) is 5.82 Å². The molecule has 0 spiro atoms. The van der Waals surface area contributed by atoms with Crippen molar-refractivity contribution in [1.82, 2.24) is 9.61 Å². The van der Waals surface area contributed by atoms with Crippen LogP contribution < -0.4 is 5.73 Å². The molecule has 26 heavy (non-hydrogen) atoms. The van der Waals surface area contributed by atoms with Crippen molar-refractivity contribution in [3.05, 3.63) is 66.0 Å². The molecule has 0 unspecified atom stereocenters. The van der Waals surface area contributed by atoms with Crippen molar-refractivity contribution in [3.63, 3.8) is 0 Å². The highest BCUT2D eigenvalue weighted by molar-refractivity contribution is 6.11. The fourth-order valence-electron chi connectivity index (χ4n) is 3.15. The first-order chi connectivity index (χ1) is 12.6. The number of carbonyl (C=O) groups excluding carboxylic acids is 1. The number of halogens is 1. The van der Waals surface area contributed by atoms with Gasteiger partial charge in [-0.3, -0.25) is 0 Å². The molecule has 2 aromatic carbocycles. The molecule has 5 nitrogen and oxygen atoms in total. The molecule has 6 heteroatoms. The standard InChI is InChI=1S/C20H16FN3O2/c1-2-26-20(25)17-18-15-9-8-14(21)10-13(15)11-16(24(18)23-19(17)22)12-6-4-3-5-7-12/h3-11H,2H2,1H3,(H2,22,23). The summed E-state index contributed by atoms with van der Waals surface area (Å²) in [7, 11) is 0. The minimum absolute atomic E-state index is 0.0810. The van der Waals surface area contributed by atoms with Crippen LogP contribution in [0.1, 0.15) is 17.3 Å². The van der Waals surface area contributed by atoms with Gasteiger partial charge in [-0.1, -0.05) is 30.3 Å². The van der Waals surface area contributed by atoms with Crippen LogP contribution >= 0.6 is 0 Å². The Morgan fingerprint density at radius 2 is 1.96 bits per heavy atom. The lowest BCUT2D eigenvalue weighted by Gasteiger charge is -2.10. The van der Waals surface area contributed by atoms with Gasteiger partial charge in [0, 0.05) is 10.9 Å². The van der Waals surface area contributed by atoms with Gasteiger partial charge in [0.2, 0.25) is 0 Å². The zero-order chi connectivity index (χ0) is 18.3. The number of benzene rings is 2. The number of ether oxygens (including phenoxy) is 1. The molecule has 0 radical (unpaired) electrons. The average Bonchev–Trinajstić information content (AvgIpc) is 2.98. The Labute approximate surface area is 148 Å². The van der Waals surface area contributed by atoms with Crippen LogP contribution in [0.2, 0.25) is 0 Å². The number of nitrogen functional groups attached to an aromatic ring is 1. The minimum Gasteiger partial charge on any atom is -0.462 e. The van der Waals surface area contributed by atoms with E-state index in [0.717, 1.165) is 5.56 Å². The largest absolute Gasteiger partial charge is 0.462 e. The van der Waals surface area contributed by atoms with Crippen LogP contribution in [0.4, 0.5) is 10.2 Å². The zero-order valence-corrected chi connectivity index (χ0v) is 14.1. The van der Waals surface area contributed by atoms with E-state index in [9.17, 15) is 9.18 Å². The van der Waals surface area contributed by atoms with Gasteiger partial charge in [-0.2, -0.15) is 0 Å². The Morgan fingerprint density at radius 1 is 1.19 bits per heavy atom. The van der Waals surface area contributed by atoms with Crippen molar-refractivity contribution in [2.75, 3.05) is 12.3 Å². The highest BCUT2D eigenvalue weighted by Gasteiger charge is 2.23. The molecule has 0 saturated heterocycles. The summed E-state index contributed by atoms with van der Waals surface area (Å²) in [5, 5.41) is 5.70. The van der Waals surface area contributed by atoms with Gasteiger partial charge in [0.15, 0.2) is 5.82 Å². The van der Waals surface area contributed by atoms with Crippen molar-refractivity contribution >= 4 is 28.1 Å². The van der Waals surface area contributed by atoms with Crippen molar-refractivity contribution in [2.45, 2.75) is 6.92 Å². The summed E-state index contributed by atoms with van der Waals surface area (Å²) in [5.41, 5.74) is 8.34. The number of pyridine rings is 1. The molecule has 0 atom stereocenters. The average molecular weight is 349 g/mol. The molecule has 2 heterocycles. The van der Waals surface area contributed by atoms with Gasteiger partial charge < -0.3 is 10.5 Å². The Kier molecular flexibility index (Phi) is 3.80. The third kappa shape index (κ3) is 2.47. The topological polar surface area (TPSA) is 69.6 Å². The third-order valence-corrected chi connectivity index (χ3v) is 4.25. The first-order valence-electron chi connectivity index (χ1n) is 8.23. The van der Waals surface area contributed by atoms with E-state index in [0.29, 0.717) is 22.0 Å². The van der Waals surface area contributed by atoms with Crippen LogP contribution in [-0.4, -0.2) is 22.2 Å². The van der Waals surface area contributed by atoms with Crippen molar-refractivity contribution < 1.29 is 13.9 Å². The summed E-state index contributed by atoms with van der Waals surface area (Å²) in [6.45, 7) is 1.95. The summed E-state index contributed by atoms with van der Waals surface area (Å²) < 4.78 is 20.6. The molecule has 0 aliphatic heterocycles. The van der Waals surface area contributed by atoms with E-state index in [1.54, 1.807) is 17.5 Å². The number of carbonyl (C=O) groups is 1. The monoisotopic (exact) mass is 349 g/mol. The lowest BCUT2D eigenvalue weighted by atomic mass is 10.0. The molecular formula is C20H16FN3O2. The highest BCUT2D eigenvalue weighted by Crippen LogP contribution is 2.33. The van der Waals surface area contributed by atoms with E-state index >= 15 is 0 Å². The fourth-order valence-corrected chi connectivity index (χ4v) is 3.15. The van der Waals surface area contributed by atoms with Crippen LogP contribution in [0.25, 0.3) is 27.5 Å². The number of anilines is 1. The Hall–Kier alpha value is -3.41. The maximum absolute atomic E-state index is 13.8. The predicted molar refractivity (Wildman–Crippen MR) is 98.5 cm³/mol. The summed E-state index contributed by atoms with van der Waals surface area (Å²) in [6, 6.07) is 15.8. The van der Waals surface area contributed by atoms with E-state index in [1.165, 1.54) is 12.1 Å². The molecule has 130 valence electrons. The van der Waals surface area contributed by atoms with Gasteiger partial charge in [-0.25, -0.2) is 13.7 Å². The van der Waals surface area contributed by atoms with E-state index in [4.69, 9.17) is 10.5 Å². The summed E-state index contributed by atoms with van der Waals surface area (Å²) in [5.74, 6) is -0.820. The van der Waals surface area contributed by atoms with E-state index in [1.807, 2.05) is 36.4 Å². The highest BCUT2D eigenvalue weighted by atomic mass is 19.1. The number of aromatic nitrogens is 2. The molecule has 0 bridgehead atoms. The zero-order valence-electron chi connectivity index (χ0n) is 14.1. The molecule has 0 aliphatic carbocycles. The molecule has 2 N–H and O–H groups in total. The molecule has 0 aliphatic rings. The second-order valence-electron chi connectivity index (χ2n) is 5.87. The Balaban J connectivity index is 2.16. The molecule has 2 aromatic heterocycles. The number of esters is 1. The summed E-state index contributed by atoms with van der Waals surface area (Å²) in [4.78, 5) is 12.5. The maximum Gasteiger partial charge on any atom is 0.344 e. The van der Waals surface area contributed by atoms with Crippen LogP contribution in [0.3, 0.4) is 0 Å². The lowest BCUT2D eigenvalue weighted by molar-refractivity contribution is 0.0530. The number of rotatable bonds is 3. The van der Waals surface area contributed by atoms with Crippen LogP contribution in [0.15, 0.2) is 54.6 Å². The molecule has 4 aromatic rings. The molecule has 4 rings (SSSR count).